The predicted octanol–water partition coefficient (Wildman–Crippen LogP) is 4.94. The number of carbonyl (C=O) groups excluding carboxylic acids is 2. The van der Waals surface area contributed by atoms with Crippen LogP contribution in [0.4, 0.5) is 0 Å². The van der Waals surface area contributed by atoms with Gasteiger partial charge in [0, 0.05) is 5.56 Å². The molecule has 1 aromatic heterocycles. The molecule has 244 valence electrons. The Morgan fingerprint density at radius 2 is 1.68 bits per heavy atom. The van der Waals surface area contributed by atoms with Gasteiger partial charge in [0.15, 0.2) is 22.9 Å². The minimum absolute atomic E-state index is 0.146. The maximum atomic E-state index is 14.2. The number of thiazole rings is 1. The van der Waals surface area contributed by atoms with Crippen molar-refractivity contribution in [2.45, 2.75) is 26.8 Å². The smallest absolute Gasteiger partial charge is 0.344 e. The number of nitrogens with zero attached hydrogens (tertiary/aromatic N) is 2. The van der Waals surface area contributed by atoms with Crippen LogP contribution in [0.15, 0.2) is 82.1 Å². The highest BCUT2D eigenvalue weighted by molar-refractivity contribution is 7.07. The maximum absolute atomic E-state index is 14.2. The second kappa shape index (κ2) is 15.1. The fraction of sp³-hybridized carbons (Fsp3) is 0.257. The first-order valence-electron chi connectivity index (χ1n) is 15.0. The van der Waals surface area contributed by atoms with E-state index in [1.165, 1.54) is 23.0 Å². The number of rotatable bonds is 12. The van der Waals surface area contributed by atoms with Gasteiger partial charge in [0.1, 0.15) is 5.75 Å². The summed E-state index contributed by atoms with van der Waals surface area (Å²) in [7, 11) is 1.44. The third-order valence-corrected chi connectivity index (χ3v) is 8.33. The number of hydrogen-bond acceptors (Lipinski definition) is 10. The van der Waals surface area contributed by atoms with Gasteiger partial charge in [-0.1, -0.05) is 65.4 Å². The average molecular weight is 677 g/mol. The van der Waals surface area contributed by atoms with Crippen LogP contribution in [0.1, 0.15) is 43.5 Å². The van der Waals surface area contributed by atoms with Crippen molar-refractivity contribution in [3.8, 4) is 17.2 Å². The summed E-state index contributed by atoms with van der Waals surface area (Å²) in [6.07, 6.45) is 1.67. The number of hydrogen-bond donors (Lipinski definition) is 0. The van der Waals surface area contributed by atoms with Gasteiger partial charge in [0.05, 0.1) is 53.8 Å². The van der Waals surface area contributed by atoms with Crippen molar-refractivity contribution < 1.29 is 33.3 Å². The van der Waals surface area contributed by atoms with E-state index in [-0.39, 0.29) is 47.5 Å². The largest absolute Gasteiger partial charge is 0.494 e. The van der Waals surface area contributed by atoms with E-state index in [1.807, 2.05) is 49.4 Å². The third kappa shape index (κ3) is 7.26. The standard InChI is InChI=1S/C35H33ClN2O8S/c1-5-43-24-15-13-23(14-16-24)31-29(34(41)45-7-3)30(22-11-9-8-10-12-22)37-35-38(31)33(40)27(47-35)19-21-17-25(36)32(26(18-21)42-4)46-20-28(39)44-6-2/h8-19,31H,5-7,20H2,1-4H3/b27-19-/t31-/m0/s1. The molecular formula is C35H33ClN2O8S. The molecule has 12 heteroatoms. The molecule has 0 fully saturated rings. The Morgan fingerprint density at radius 3 is 2.34 bits per heavy atom. The third-order valence-electron chi connectivity index (χ3n) is 7.07. The number of methoxy groups -OCH3 is 1. The molecule has 0 bridgehead atoms. The van der Waals surface area contributed by atoms with Crippen molar-refractivity contribution in [1.29, 1.82) is 0 Å². The van der Waals surface area contributed by atoms with Crippen molar-refractivity contribution in [2.75, 3.05) is 33.5 Å². The zero-order valence-corrected chi connectivity index (χ0v) is 27.9. The highest BCUT2D eigenvalue weighted by atomic mass is 35.5. The van der Waals surface area contributed by atoms with Crippen LogP contribution in [0.2, 0.25) is 5.02 Å². The van der Waals surface area contributed by atoms with E-state index in [0.29, 0.717) is 44.1 Å². The summed E-state index contributed by atoms with van der Waals surface area (Å²) in [4.78, 5) is 45.0. The monoisotopic (exact) mass is 676 g/mol. The molecule has 0 unspecified atom stereocenters. The molecule has 0 saturated carbocycles. The fourth-order valence-corrected chi connectivity index (χ4v) is 6.39. The highest BCUT2D eigenvalue weighted by Crippen LogP contribution is 2.37. The van der Waals surface area contributed by atoms with Gasteiger partial charge in [-0.3, -0.25) is 9.36 Å². The van der Waals surface area contributed by atoms with E-state index >= 15 is 0 Å². The molecule has 1 atom stereocenters. The lowest BCUT2D eigenvalue weighted by atomic mass is 9.93. The lowest BCUT2D eigenvalue weighted by Gasteiger charge is -2.26. The van der Waals surface area contributed by atoms with Gasteiger partial charge in [-0.25, -0.2) is 14.6 Å². The van der Waals surface area contributed by atoms with Crippen molar-refractivity contribution in [2.24, 2.45) is 4.99 Å². The molecule has 3 aromatic carbocycles. The number of ether oxygens (including phenoxy) is 5. The number of esters is 2. The van der Waals surface area contributed by atoms with E-state index in [1.54, 1.807) is 44.2 Å². The van der Waals surface area contributed by atoms with Crippen LogP contribution in [0.25, 0.3) is 11.8 Å². The maximum Gasteiger partial charge on any atom is 0.344 e. The van der Waals surface area contributed by atoms with Gasteiger partial charge in [-0.05, 0) is 62.2 Å². The van der Waals surface area contributed by atoms with E-state index < -0.39 is 18.0 Å². The van der Waals surface area contributed by atoms with Crippen LogP contribution in [-0.4, -0.2) is 50.0 Å². The molecule has 0 radical (unpaired) electrons. The van der Waals surface area contributed by atoms with Crippen molar-refractivity contribution in [3.05, 3.63) is 114 Å². The van der Waals surface area contributed by atoms with Crippen molar-refractivity contribution in [3.63, 3.8) is 0 Å². The second-order valence-electron chi connectivity index (χ2n) is 10.1. The van der Waals surface area contributed by atoms with Gasteiger partial charge in [0.2, 0.25) is 0 Å². The molecule has 2 heterocycles. The van der Waals surface area contributed by atoms with Crippen molar-refractivity contribution >= 4 is 46.6 Å². The molecule has 1 aliphatic heterocycles. The predicted molar refractivity (Wildman–Crippen MR) is 179 cm³/mol. The van der Waals surface area contributed by atoms with Crippen LogP contribution in [0, 0.1) is 0 Å². The number of carbonyl (C=O) groups is 2. The first kappa shape index (κ1) is 33.5. The number of benzene rings is 3. The zero-order valence-electron chi connectivity index (χ0n) is 26.3. The van der Waals surface area contributed by atoms with Crippen LogP contribution in [0.3, 0.4) is 0 Å². The number of fused-ring (bicyclic) bond motifs is 1. The molecule has 0 N–H and O–H groups in total. The van der Waals surface area contributed by atoms with Crippen molar-refractivity contribution in [1.82, 2.24) is 4.57 Å². The summed E-state index contributed by atoms with van der Waals surface area (Å²) in [5, 5.41) is 0.177. The molecule has 0 saturated heterocycles. The topological polar surface area (TPSA) is 115 Å². The van der Waals surface area contributed by atoms with Gasteiger partial charge in [-0.15, -0.1) is 0 Å². The van der Waals surface area contributed by atoms with E-state index in [9.17, 15) is 14.4 Å². The Hall–Kier alpha value is -4.87. The highest BCUT2D eigenvalue weighted by Gasteiger charge is 2.35. The lowest BCUT2D eigenvalue weighted by Crippen LogP contribution is -2.40. The number of aromatic nitrogens is 1. The molecule has 47 heavy (non-hydrogen) atoms. The van der Waals surface area contributed by atoms with E-state index in [0.717, 1.165) is 0 Å². The van der Waals surface area contributed by atoms with Crippen LogP contribution < -0.4 is 29.1 Å². The van der Waals surface area contributed by atoms with E-state index in [4.69, 9.17) is 40.3 Å². The Morgan fingerprint density at radius 1 is 0.957 bits per heavy atom. The molecule has 1 aliphatic rings. The van der Waals surface area contributed by atoms with Gasteiger partial charge in [-0.2, -0.15) is 0 Å². The Kier molecular flexibility index (Phi) is 10.8. The normalized spacial score (nSPS) is 14.2. The van der Waals surface area contributed by atoms with Gasteiger partial charge in [0.25, 0.3) is 5.56 Å². The summed E-state index contributed by atoms with van der Waals surface area (Å²) in [6.45, 7) is 5.84. The molecule has 5 rings (SSSR count). The molecule has 0 amide bonds. The lowest BCUT2D eigenvalue weighted by molar-refractivity contribution is -0.145. The summed E-state index contributed by atoms with van der Waals surface area (Å²) in [6, 6.07) is 19.0. The van der Waals surface area contributed by atoms with E-state index in [2.05, 4.69) is 0 Å². The Balaban J connectivity index is 1.69. The minimum Gasteiger partial charge on any atom is -0.494 e. The summed E-state index contributed by atoms with van der Waals surface area (Å²) < 4.78 is 29.0. The molecule has 0 aliphatic carbocycles. The first-order valence-corrected chi connectivity index (χ1v) is 16.2. The fourth-order valence-electron chi connectivity index (χ4n) is 5.12. The quantitative estimate of drug-likeness (QED) is 0.194. The van der Waals surface area contributed by atoms with Gasteiger partial charge < -0.3 is 23.7 Å². The Bertz CT molecular complexity index is 1980. The summed E-state index contributed by atoms with van der Waals surface area (Å²) >= 11 is 7.72. The molecular weight excluding hydrogens is 644 g/mol. The van der Waals surface area contributed by atoms with Crippen LogP contribution in [0.5, 0.6) is 17.2 Å². The zero-order chi connectivity index (χ0) is 33.5. The molecule has 10 nitrogen and oxygen atoms in total. The summed E-state index contributed by atoms with van der Waals surface area (Å²) in [5.74, 6) is -0.0192. The van der Waals surface area contributed by atoms with Gasteiger partial charge >= 0.3 is 11.9 Å². The minimum atomic E-state index is -0.838. The molecule has 0 spiro atoms. The van der Waals surface area contributed by atoms with Crippen LogP contribution >= 0.6 is 22.9 Å². The first-order chi connectivity index (χ1) is 22.8. The molecule has 4 aromatic rings. The SMILES string of the molecule is CCOC(=O)COc1c(Cl)cc(/C=c2\sc3n(c2=O)[C@@H](c2ccc(OCC)cc2)C(C(=O)OCC)=C(c2ccccc2)N=3)cc1OC. The number of halogens is 1. The van der Waals surface area contributed by atoms with Crippen LogP contribution in [-0.2, 0) is 19.1 Å². The second-order valence-corrected chi connectivity index (χ2v) is 11.5. The Labute approximate surface area is 280 Å². The summed E-state index contributed by atoms with van der Waals surface area (Å²) in [5.41, 5.74) is 2.24. The average Bonchev–Trinajstić information content (AvgIpc) is 3.38.